The normalized spacial score (nSPS) is 16.4. The Morgan fingerprint density at radius 2 is 1.19 bits per heavy atom. The predicted molar refractivity (Wildman–Crippen MR) is 95.7 cm³/mol. The van der Waals surface area contributed by atoms with Gasteiger partial charge in [0.1, 0.15) is 5.60 Å². The molecule has 1 aliphatic carbocycles. The molecule has 0 radical (unpaired) electrons. The maximum absolute atomic E-state index is 12.4. The molecule has 0 N–H and O–H groups in total. The van der Waals surface area contributed by atoms with Gasteiger partial charge in [-0.25, -0.2) is 0 Å². The van der Waals surface area contributed by atoms with E-state index >= 15 is 0 Å². The molecule has 0 bridgehead atoms. The summed E-state index contributed by atoms with van der Waals surface area (Å²) in [4.78, 5) is 0.0658. The van der Waals surface area contributed by atoms with Crippen molar-refractivity contribution in [2.45, 2.75) is 42.1 Å². The van der Waals surface area contributed by atoms with Gasteiger partial charge in [-0.15, -0.1) is 0 Å². The molecule has 0 unspecified atom stereocenters. The van der Waals surface area contributed by atoms with Gasteiger partial charge in [-0.05, 0) is 51.0 Å². The van der Waals surface area contributed by atoms with E-state index in [1.165, 1.54) is 24.3 Å². The molecule has 3 rings (SSSR count). The minimum Gasteiger partial charge on any atom is -0.263 e. The van der Waals surface area contributed by atoms with Crippen molar-refractivity contribution in [1.82, 2.24) is 0 Å². The fraction of sp³-hybridized carbons (Fsp3) is 0.333. The van der Waals surface area contributed by atoms with Crippen LogP contribution in [0.4, 0.5) is 0 Å². The summed E-state index contributed by atoms with van der Waals surface area (Å²) >= 11 is 0. The van der Waals surface area contributed by atoms with Crippen molar-refractivity contribution in [3.8, 4) is 0 Å². The van der Waals surface area contributed by atoms with E-state index in [2.05, 4.69) is 0 Å². The molecule has 1 aliphatic rings. The molecule has 2 aromatic rings. The van der Waals surface area contributed by atoms with Crippen molar-refractivity contribution in [1.29, 1.82) is 0 Å². The van der Waals surface area contributed by atoms with Gasteiger partial charge in [0.05, 0.1) is 16.4 Å². The highest BCUT2D eigenvalue weighted by Gasteiger charge is 2.49. The van der Waals surface area contributed by atoms with Crippen molar-refractivity contribution in [2.75, 3.05) is 6.61 Å². The van der Waals surface area contributed by atoms with E-state index in [-0.39, 0.29) is 16.4 Å². The van der Waals surface area contributed by atoms with Crippen LogP contribution in [0, 0.1) is 13.8 Å². The highest BCUT2D eigenvalue weighted by atomic mass is 32.2. The lowest BCUT2D eigenvalue weighted by Crippen LogP contribution is -2.27. The molecule has 0 spiro atoms. The molecule has 6 nitrogen and oxygen atoms in total. The molecule has 1 fully saturated rings. The summed E-state index contributed by atoms with van der Waals surface area (Å²) in [5.41, 5.74) is 0.731. The van der Waals surface area contributed by atoms with E-state index in [0.29, 0.717) is 12.8 Å². The van der Waals surface area contributed by atoms with E-state index in [1.807, 2.05) is 13.8 Å². The van der Waals surface area contributed by atoms with Crippen LogP contribution in [0.15, 0.2) is 58.3 Å². The third kappa shape index (κ3) is 4.32. The molecule has 140 valence electrons. The Kier molecular flexibility index (Phi) is 4.96. The molecule has 8 heteroatoms. The smallest absolute Gasteiger partial charge is 0.263 e. The van der Waals surface area contributed by atoms with Crippen LogP contribution in [0.1, 0.15) is 24.0 Å². The minimum absolute atomic E-state index is 0.0280. The van der Waals surface area contributed by atoms with E-state index in [4.69, 9.17) is 8.37 Å². The molecule has 0 saturated heterocycles. The van der Waals surface area contributed by atoms with Crippen LogP contribution >= 0.6 is 0 Å². The van der Waals surface area contributed by atoms with Crippen LogP contribution in [0.2, 0.25) is 0 Å². The molecule has 1 saturated carbocycles. The van der Waals surface area contributed by atoms with Gasteiger partial charge in [-0.2, -0.15) is 16.8 Å². The third-order valence-electron chi connectivity index (χ3n) is 4.19. The van der Waals surface area contributed by atoms with Crippen LogP contribution in [0.3, 0.4) is 0 Å². The number of hydrogen-bond donors (Lipinski definition) is 0. The van der Waals surface area contributed by atoms with Crippen molar-refractivity contribution in [3.63, 3.8) is 0 Å². The molecule has 26 heavy (non-hydrogen) atoms. The number of hydrogen-bond acceptors (Lipinski definition) is 6. The van der Waals surface area contributed by atoms with Gasteiger partial charge in [0, 0.05) is 0 Å². The maximum atomic E-state index is 12.4. The van der Waals surface area contributed by atoms with Crippen molar-refractivity contribution < 1.29 is 25.2 Å². The summed E-state index contributed by atoms with van der Waals surface area (Å²) in [7, 11) is -7.96. The first-order valence-corrected chi connectivity index (χ1v) is 10.9. The summed E-state index contributed by atoms with van der Waals surface area (Å²) in [6.07, 6.45) is 0.836. The molecule has 0 aromatic heterocycles. The Balaban J connectivity index is 1.70. The first kappa shape index (κ1) is 19.0. The minimum atomic E-state index is -3.98. The van der Waals surface area contributed by atoms with Gasteiger partial charge in [0.2, 0.25) is 0 Å². The zero-order valence-electron chi connectivity index (χ0n) is 14.5. The fourth-order valence-corrected chi connectivity index (χ4v) is 4.56. The Hall–Kier alpha value is -1.74. The summed E-state index contributed by atoms with van der Waals surface area (Å²) < 4.78 is 59.7. The molecular weight excluding hydrogens is 376 g/mol. The highest BCUT2D eigenvalue weighted by Crippen LogP contribution is 2.43. The van der Waals surface area contributed by atoms with Crippen molar-refractivity contribution >= 4 is 20.2 Å². The summed E-state index contributed by atoms with van der Waals surface area (Å²) in [5.74, 6) is 0. The van der Waals surface area contributed by atoms with Crippen molar-refractivity contribution in [2.24, 2.45) is 0 Å². The number of benzene rings is 2. The zero-order valence-corrected chi connectivity index (χ0v) is 16.1. The molecule has 0 atom stereocenters. The first-order chi connectivity index (χ1) is 12.1. The zero-order chi connectivity index (χ0) is 19.0. The van der Waals surface area contributed by atoms with Gasteiger partial charge < -0.3 is 0 Å². The molecule has 2 aromatic carbocycles. The van der Waals surface area contributed by atoms with Gasteiger partial charge in [0.25, 0.3) is 20.2 Å². The molecule has 0 amide bonds. The van der Waals surface area contributed by atoms with Crippen LogP contribution < -0.4 is 0 Å². The Labute approximate surface area is 154 Å². The Morgan fingerprint density at radius 3 is 1.62 bits per heavy atom. The average molecular weight is 396 g/mol. The van der Waals surface area contributed by atoms with Gasteiger partial charge in [-0.3, -0.25) is 8.37 Å². The standard InChI is InChI=1S/C18H20O6S2/c1-14-3-7-16(8-4-14)25(19,20)23-13-18(11-12-18)24-26(21,22)17-9-5-15(2)6-10-17/h3-10H,11-13H2,1-2H3. The predicted octanol–water partition coefficient (Wildman–Crippen LogP) is 2.95. The molecular formula is C18H20O6S2. The second-order valence-corrected chi connectivity index (χ2v) is 9.72. The Bertz CT molecular complexity index is 987. The number of rotatable bonds is 7. The monoisotopic (exact) mass is 396 g/mol. The van der Waals surface area contributed by atoms with Crippen LogP contribution in [0.5, 0.6) is 0 Å². The van der Waals surface area contributed by atoms with Crippen molar-refractivity contribution in [3.05, 3.63) is 59.7 Å². The van der Waals surface area contributed by atoms with Crippen LogP contribution in [0.25, 0.3) is 0 Å². The number of aryl methyl sites for hydroxylation is 2. The second kappa shape index (κ2) is 6.77. The molecule has 0 aliphatic heterocycles. The van der Waals surface area contributed by atoms with Gasteiger partial charge in [0.15, 0.2) is 0 Å². The van der Waals surface area contributed by atoms with Crippen LogP contribution in [-0.4, -0.2) is 29.0 Å². The van der Waals surface area contributed by atoms with E-state index in [0.717, 1.165) is 11.1 Å². The average Bonchev–Trinajstić information content (AvgIpc) is 3.33. The first-order valence-electron chi connectivity index (χ1n) is 8.10. The third-order valence-corrected chi connectivity index (χ3v) is 6.89. The van der Waals surface area contributed by atoms with E-state index < -0.39 is 25.8 Å². The maximum Gasteiger partial charge on any atom is 0.297 e. The summed E-state index contributed by atoms with van der Waals surface area (Å²) in [6.45, 7) is 3.36. The largest absolute Gasteiger partial charge is 0.297 e. The van der Waals surface area contributed by atoms with Gasteiger partial charge >= 0.3 is 0 Å². The van der Waals surface area contributed by atoms with E-state index in [1.54, 1.807) is 24.3 Å². The summed E-state index contributed by atoms with van der Waals surface area (Å²) in [5, 5.41) is 0. The molecule has 0 heterocycles. The highest BCUT2D eigenvalue weighted by molar-refractivity contribution is 7.87. The fourth-order valence-electron chi connectivity index (χ4n) is 2.33. The lowest BCUT2D eigenvalue weighted by Gasteiger charge is -2.16. The van der Waals surface area contributed by atoms with E-state index in [9.17, 15) is 16.8 Å². The SMILES string of the molecule is Cc1ccc(S(=O)(=O)OCC2(OS(=O)(=O)c3ccc(C)cc3)CC2)cc1. The van der Waals surface area contributed by atoms with Gasteiger partial charge in [-0.1, -0.05) is 35.4 Å². The summed E-state index contributed by atoms with van der Waals surface area (Å²) in [6, 6.07) is 12.5. The van der Waals surface area contributed by atoms with Crippen LogP contribution in [-0.2, 0) is 28.6 Å². The topological polar surface area (TPSA) is 86.7 Å². The lowest BCUT2D eigenvalue weighted by atomic mass is 10.2. The lowest BCUT2D eigenvalue weighted by molar-refractivity contribution is 0.117. The second-order valence-electron chi connectivity index (χ2n) is 6.56. The Morgan fingerprint density at radius 1 is 0.769 bits per heavy atom. The quantitative estimate of drug-likeness (QED) is 0.669.